The van der Waals surface area contributed by atoms with Crippen LogP contribution in [0.1, 0.15) is 28.4 Å². The first kappa shape index (κ1) is 18.7. The average Bonchev–Trinajstić information content (AvgIpc) is 3.16. The van der Waals surface area contributed by atoms with Gasteiger partial charge in [-0.2, -0.15) is 0 Å². The van der Waals surface area contributed by atoms with Crippen LogP contribution in [-0.4, -0.2) is 28.0 Å². The zero-order valence-corrected chi connectivity index (χ0v) is 16.4. The van der Waals surface area contributed by atoms with Crippen molar-refractivity contribution in [2.75, 3.05) is 12.4 Å². The Hall–Kier alpha value is -3.67. The third-order valence-corrected chi connectivity index (χ3v) is 4.86. The van der Waals surface area contributed by atoms with Crippen LogP contribution in [0.5, 0.6) is 5.75 Å². The van der Waals surface area contributed by atoms with E-state index in [4.69, 9.17) is 4.74 Å². The molecule has 6 nitrogen and oxygen atoms in total. The Morgan fingerprint density at radius 1 is 1.03 bits per heavy atom. The molecule has 1 aromatic heterocycles. The quantitative estimate of drug-likeness (QED) is 0.536. The summed E-state index contributed by atoms with van der Waals surface area (Å²) in [5, 5.41) is 11.4. The number of carbonyl (C=O) groups is 1. The number of fused-ring (bicyclic) bond motifs is 1. The number of aromatic nitrogens is 3. The summed E-state index contributed by atoms with van der Waals surface area (Å²) >= 11 is 0. The van der Waals surface area contributed by atoms with E-state index in [0.717, 1.165) is 28.9 Å². The van der Waals surface area contributed by atoms with E-state index in [1.165, 1.54) is 5.56 Å². The summed E-state index contributed by atoms with van der Waals surface area (Å²) in [5.41, 5.74) is 5.17. The standard InChI is InChI=1S/C23H22N4O2/c1-3-16-7-10-19(11-8-16)24-23(28)18-9-12-22-21(14-18)25-26-27(22)15-17-5-4-6-20(13-17)29-2/h4-14H,3,15H2,1-2H3,(H,24,28). The highest BCUT2D eigenvalue weighted by Crippen LogP contribution is 2.19. The van der Waals surface area contributed by atoms with Gasteiger partial charge < -0.3 is 10.1 Å². The van der Waals surface area contributed by atoms with E-state index in [2.05, 4.69) is 22.6 Å². The summed E-state index contributed by atoms with van der Waals surface area (Å²) in [5.74, 6) is 0.636. The Bertz CT molecular complexity index is 1150. The van der Waals surface area contributed by atoms with Gasteiger partial charge in [-0.1, -0.05) is 36.4 Å². The minimum atomic E-state index is -0.168. The zero-order chi connectivity index (χ0) is 20.2. The molecule has 0 unspecified atom stereocenters. The summed E-state index contributed by atoms with van der Waals surface area (Å²) in [6.07, 6.45) is 0.969. The molecular formula is C23H22N4O2. The van der Waals surface area contributed by atoms with E-state index in [-0.39, 0.29) is 5.91 Å². The van der Waals surface area contributed by atoms with Crippen molar-refractivity contribution in [1.82, 2.24) is 15.0 Å². The molecule has 29 heavy (non-hydrogen) atoms. The summed E-state index contributed by atoms with van der Waals surface area (Å²) < 4.78 is 7.09. The summed E-state index contributed by atoms with van der Waals surface area (Å²) in [4.78, 5) is 12.6. The molecule has 0 bridgehead atoms. The lowest BCUT2D eigenvalue weighted by Gasteiger charge is -2.07. The topological polar surface area (TPSA) is 69.0 Å². The lowest BCUT2D eigenvalue weighted by atomic mass is 10.1. The van der Waals surface area contributed by atoms with Crippen LogP contribution in [0.3, 0.4) is 0 Å². The van der Waals surface area contributed by atoms with E-state index >= 15 is 0 Å². The minimum absolute atomic E-state index is 0.168. The molecule has 1 heterocycles. The number of rotatable bonds is 6. The summed E-state index contributed by atoms with van der Waals surface area (Å²) in [6, 6.07) is 21.1. The Morgan fingerprint density at radius 2 is 1.86 bits per heavy atom. The van der Waals surface area contributed by atoms with Crippen molar-refractivity contribution < 1.29 is 9.53 Å². The van der Waals surface area contributed by atoms with E-state index in [9.17, 15) is 4.79 Å². The van der Waals surface area contributed by atoms with Gasteiger partial charge in [0.1, 0.15) is 11.3 Å². The Balaban J connectivity index is 1.53. The fraction of sp³-hybridized carbons (Fsp3) is 0.174. The number of carbonyl (C=O) groups excluding carboxylic acids is 1. The summed E-state index contributed by atoms with van der Waals surface area (Å²) in [6.45, 7) is 2.67. The SMILES string of the molecule is CCc1ccc(NC(=O)c2ccc3c(c2)nnn3Cc2cccc(OC)c2)cc1. The first-order valence-corrected chi connectivity index (χ1v) is 9.52. The number of aryl methyl sites for hydroxylation is 1. The van der Waals surface area contributed by atoms with E-state index in [1.54, 1.807) is 19.2 Å². The fourth-order valence-corrected chi connectivity index (χ4v) is 3.20. The molecular weight excluding hydrogens is 364 g/mol. The Labute approximate surface area is 169 Å². The smallest absolute Gasteiger partial charge is 0.255 e. The molecule has 6 heteroatoms. The molecule has 0 fully saturated rings. The van der Waals surface area contributed by atoms with Crippen molar-refractivity contribution in [3.8, 4) is 5.75 Å². The van der Waals surface area contributed by atoms with Gasteiger partial charge in [-0.25, -0.2) is 4.68 Å². The lowest BCUT2D eigenvalue weighted by Crippen LogP contribution is -2.11. The highest BCUT2D eigenvalue weighted by atomic mass is 16.5. The van der Waals surface area contributed by atoms with Crippen LogP contribution < -0.4 is 10.1 Å². The van der Waals surface area contributed by atoms with Crippen LogP contribution in [0, 0.1) is 0 Å². The number of hydrogen-bond donors (Lipinski definition) is 1. The van der Waals surface area contributed by atoms with Gasteiger partial charge in [0.2, 0.25) is 0 Å². The largest absolute Gasteiger partial charge is 0.497 e. The van der Waals surface area contributed by atoms with Gasteiger partial charge in [-0.15, -0.1) is 5.10 Å². The second-order valence-corrected chi connectivity index (χ2v) is 6.81. The number of anilines is 1. The van der Waals surface area contributed by atoms with Crippen LogP contribution in [0.25, 0.3) is 11.0 Å². The van der Waals surface area contributed by atoms with Crippen molar-refractivity contribution >= 4 is 22.6 Å². The number of hydrogen-bond acceptors (Lipinski definition) is 4. The molecule has 0 saturated heterocycles. The fourth-order valence-electron chi connectivity index (χ4n) is 3.20. The second-order valence-electron chi connectivity index (χ2n) is 6.81. The number of amides is 1. The Kier molecular flexibility index (Phi) is 5.24. The van der Waals surface area contributed by atoms with Crippen LogP contribution in [0.4, 0.5) is 5.69 Å². The van der Waals surface area contributed by atoms with Crippen molar-refractivity contribution in [2.24, 2.45) is 0 Å². The van der Waals surface area contributed by atoms with Crippen molar-refractivity contribution in [3.05, 3.63) is 83.4 Å². The van der Waals surface area contributed by atoms with Crippen LogP contribution in [0.2, 0.25) is 0 Å². The number of ether oxygens (including phenoxy) is 1. The van der Waals surface area contributed by atoms with Crippen LogP contribution in [-0.2, 0) is 13.0 Å². The molecule has 0 radical (unpaired) electrons. The molecule has 4 aromatic rings. The summed E-state index contributed by atoms with van der Waals surface area (Å²) in [7, 11) is 1.65. The number of benzene rings is 3. The molecule has 1 amide bonds. The molecule has 0 saturated carbocycles. The van der Waals surface area contributed by atoms with Gasteiger partial charge in [0.25, 0.3) is 5.91 Å². The van der Waals surface area contributed by atoms with Gasteiger partial charge in [-0.3, -0.25) is 4.79 Å². The number of nitrogens with zero attached hydrogens (tertiary/aromatic N) is 3. The average molecular weight is 386 g/mol. The highest BCUT2D eigenvalue weighted by Gasteiger charge is 2.11. The third kappa shape index (κ3) is 4.11. The van der Waals surface area contributed by atoms with Gasteiger partial charge in [0.15, 0.2) is 0 Å². The molecule has 0 atom stereocenters. The first-order chi connectivity index (χ1) is 14.2. The van der Waals surface area contributed by atoms with Gasteiger partial charge in [0.05, 0.1) is 19.2 Å². The monoisotopic (exact) mass is 386 g/mol. The van der Waals surface area contributed by atoms with Crippen molar-refractivity contribution in [3.63, 3.8) is 0 Å². The number of nitrogens with one attached hydrogen (secondary N) is 1. The molecule has 0 aliphatic rings. The van der Waals surface area contributed by atoms with Crippen LogP contribution in [0.15, 0.2) is 66.7 Å². The lowest BCUT2D eigenvalue weighted by molar-refractivity contribution is 0.102. The predicted molar refractivity (Wildman–Crippen MR) is 113 cm³/mol. The third-order valence-electron chi connectivity index (χ3n) is 4.86. The van der Waals surface area contributed by atoms with E-state index < -0.39 is 0 Å². The normalized spacial score (nSPS) is 10.8. The highest BCUT2D eigenvalue weighted by molar-refractivity contribution is 6.05. The first-order valence-electron chi connectivity index (χ1n) is 9.52. The maximum atomic E-state index is 12.6. The second kappa shape index (κ2) is 8.14. The van der Waals surface area contributed by atoms with E-state index in [0.29, 0.717) is 17.6 Å². The van der Waals surface area contributed by atoms with Gasteiger partial charge in [0, 0.05) is 11.3 Å². The molecule has 0 spiro atoms. The Morgan fingerprint density at radius 3 is 2.62 bits per heavy atom. The van der Waals surface area contributed by atoms with Gasteiger partial charge in [-0.05, 0) is 60.0 Å². The molecule has 0 aliphatic heterocycles. The molecule has 1 N–H and O–H groups in total. The van der Waals surface area contributed by atoms with Crippen molar-refractivity contribution in [1.29, 1.82) is 0 Å². The van der Waals surface area contributed by atoms with Gasteiger partial charge >= 0.3 is 0 Å². The molecule has 0 aliphatic carbocycles. The number of methoxy groups -OCH3 is 1. The molecule has 3 aromatic carbocycles. The molecule has 4 rings (SSSR count). The van der Waals surface area contributed by atoms with Crippen LogP contribution >= 0.6 is 0 Å². The van der Waals surface area contributed by atoms with Crippen molar-refractivity contribution in [2.45, 2.75) is 19.9 Å². The predicted octanol–water partition coefficient (Wildman–Crippen LogP) is 4.30. The maximum absolute atomic E-state index is 12.6. The maximum Gasteiger partial charge on any atom is 0.255 e. The van der Waals surface area contributed by atoms with E-state index in [1.807, 2.05) is 59.3 Å². The zero-order valence-electron chi connectivity index (χ0n) is 16.4. The molecule has 146 valence electrons. The minimum Gasteiger partial charge on any atom is -0.497 e.